The number of imide groups is 1. The molecule has 0 saturated carbocycles. The van der Waals surface area contributed by atoms with E-state index in [1.807, 2.05) is 6.92 Å². The number of carbonyl (C=O) groups excluding carboxylic acids is 3. The maximum atomic E-state index is 13.0. The van der Waals surface area contributed by atoms with Crippen LogP contribution in [0.25, 0.3) is 6.08 Å². The van der Waals surface area contributed by atoms with Crippen LogP contribution in [0.5, 0.6) is 17.2 Å². The minimum Gasteiger partial charge on any atom is -0.497 e. The summed E-state index contributed by atoms with van der Waals surface area (Å²) in [4.78, 5) is 39.2. The normalized spacial score (nSPS) is 14.0. The number of nitrogens with zero attached hydrogens (tertiary/aromatic N) is 1. The molecule has 0 unspecified atom stereocenters. The third-order valence-electron chi connectivity index (χ3n) is 5.60. The zero-order chi connectivity index (χ0) is 28.8. The minimum atomic E-state index is -0.567. The molecular formula is C28H23BrCl2N2O6S. The van der Waals surface area contributed by atoms with Gasteiger partial charge in [-0.05, 0) is 78.9 Å². The van der Waals surface area contributed by atoms with Gasteiger partial charge in [0.25, 0.3) is 11.1 Å². The van der Waals surface area contributed by atoms with Crippen LogP contribution >= 0.6 is 50.9 Å². The van der Waals surface area contributed by atoms with E-state index in [2.05, 4.69) is 21.2 Å². The largest absolute Gasteiger partial charge is 0.497 e. The molecule has 3 amide bonds. The summed E-state index contributed by atoms with van der Waals surface area (Å²) in [6.07, 6.45) is 1.57. The number of halogens is 3. The third kappa shape index (κ3) is 7.31. The molecule has 4 rings (SSSR count). The number of hydrogen-bond donors (Lipinski definition) is 1. The first-order valence-corrected chi connectivity index (χ1v) is 14.3. The van der Waals surface area contributed by atoms with E-state index in [0.29, 0.717) is 49.6 Å². The van der Waals surface area contributed by atoms with Crippen LogP contribution in [-0.2, 0) is 16.2 Å². The van der Waals surface area contributed by atoms with E-state index in [-0.39, 0.29) is 11.5 Å². The van der Waals surface area contributed by atoms with Crippen molar-refractivity contribution >= 4 is 79.7 Å². The zero-order valence-electron chi connectivity index (χ0n) is 21.3. The maximum absolute atomic E-state index is 13.0. The van der Waals surface area contributed by atoms with E-state index >= 15 is 0 Å². The van der Waals surface area contributed by atoms with Crippen molar-refractivity contribution in [2.45, 2.75) is 13.5 Å². The lowest BCUT2D eigenvalue weighted by Gasteiger charge is -2.15. The number of benzene rings is 3. The van der Waals surface area contributed by atoms with Gasteiger partial charge in [-0.1, -0.05) is 45.2 Å². The second kappa shape index (κ2) is 13.5. The quantitative estimate of drug-likeness (QED) is 0.225. The summed E-state index contributed by atoms with van der Waals surface area (Å²) in [5.41, 5.74) is 1.85. The Balaban J connectivity index is 1.48. The summed E-state index contributed by atoms with van der Waals surface area (Å²) in [6.45, 7) is 1.97. The lowest BCUT2D eigenvalue weighted by molar-refractivity contribution is -0.127. The number of hydrogen-bond acceptors (Lipinski definition) is 7. The summed E-state index contributed by atoms with van der Waals surface area (Å²) < 4.78 is 17.4. The fourth-order valence-electron chi connectivity index (χ4n) is 3.63. The summed E-state index contributed by atoms with van der Waals surface area (Å²) in [5.74, 6) is 0.469. The molecule has 0 bridgehead atoms. The van der Waals surface area contributed by atoms with Crippen molar-refractivity contribution in [3.05, 3.63) is 85.1 Å². The standard InChI is InChI=1S/C28H23BrCl2N2O6S/c1-3-38-23-10-17(21(29)13-24(23)39-15-16-4-5-18(30)12-22(16)31)11-25-27(35)33(28(36)40-25)14-26(34)32-19-6-8-20(37-2)9-7-19/h4-13H,3,14-15H2,1-2H3,(H,32,34)/b25-11+. The van der Waals surface area contributed by atoms with Crippen LogP contribution in [0.2, 0.25) is 10.0 Å². The lowest BCUT2D eigenvalue weighted by atomic mass is 10.1. The number of thioether (sulfide) groups is 1. The van der Waals surface area contributed by atoms with Gasteiger partial charge >= 0.3 is 0 Å². The van der Waals surface area contributed by atoms with Gasteiger partial charge in [-0.15, -0.1) is 0 Å². The van der Waals surface area contributed by atoms with Crippen LogP contribution in [0.15, 0.2) is 64.0 Å². The highest BCUT2D eigenvalue weighted by Gasteiger charge is 2.36. The number of nitrogens with one attached hydrogen (secondary N) is 1. The molecule has 0 radical (unpaired) electrons. The summed E-state index contributed by atoms with van der Waals surface area (Å²) in [5, 5.41) is 3.14. The number of anilines is 1. The molecule has 40 heavy (non-hydrogen) atoms. The highest BCUT2D eigenvalue weighted by atomic mass is 79.9. The summed E-state index contributed by atoms with van der Waals surface area (Å²) in [6, 6.07) is 15.3. The monoisotopic (exact) mass is 664 g/mol. The van der Waals surface area contributed by atoms with Gasteiger partial charge in [0.1, 0.15) is 18.9 Å². The van der Waals surface area contributed by atoms with Gasteiger partial charge in [0.05, 0.1) is 18.6 Å². The molecular weight excluding hydrogens is 643 g/mol. The molecule has 1 aliphatic rings. The van der Waals surface area contributed by atoms with Gasteiger partial charge < -0.3 is 19.5 Å². The molecule has 0 aromatic heterocycles. The highest BCUT2D eigenvalue weighted by Crippen LogP contribution is 2.39. The molecule has 0 aliphatic carbocycles. The molecule has 1 aliphatic heterocycles. The average molecular weight is 666 g/mol. The SMILES string of the molecule is CCOc1cc(/C=C2/SC(=O)N(CC(=O)Nc3ccc(OC)cc3)C2=O)c(Br)cc1OCc1ccc(Cl)cc1Cl. The second-order valence-corrected chi connectivity index (χ2v) is 11.0. The molecule has 3 aromatic rings. The van der Waals surface area contributed by atoms with Gasteiger partial charge in [0, 0.05) is 25.8 Å². The van der Waals surface area contributed by atoms with Crippen LogP contribution in [0, 0.1) is 0 Å². The first-order chi connectivity index (χ1) is 19.2. The van der Waals surface area contributed by atoms with Gasteiger partial charge in [-0.2, -0.15) is 0 Å². The Kier molecular flexibility index (Phi) is 10.0. The smallest absolute Gasteiger partial charge is 0.294 e. The number of methoxy groups -OCH3 is 1. The lowest BCUT2D eigenvalue weighted by Crippen LogP contribution is -2.36. The zero-order valence-corrected chi connectivity index (χ0v) is 25.2. The van der Waals surface area contributed by atoms with E-state index in [4.69, 9.17) is 37.4 Å². The predicted octanol–water partition coefficient (Wildman–Crippen LogP) is 7.42. The Morgan fingerprint density at radius 1 is 1.05 bits per heavy atom. The molecule has 1 heterocycles. The number of amides is 3. The van der Waals surface area contributed by atoms with Gasteiger partial charge in [0.2, 0.25) is 5.91 Å². The Morgan fingerprint density at radius 3 is 2.45 bits per heavy atom. The maximum Gasteiger partial charge on any atom is 0.294 e. The first-order valence-electron chi connectivity index (χ1n) is 11.9. The van der Waals surface area contributed by atoms with E-state index in [1.165, 1.54) is 0 Å². The highest BCUT2D eigenvalue weighted by molar-refractivity contribution is 9.10. The minimum absolute atomic E-state index is 0.173. The van der Waals surface area contributed by atoms with Crippen molar-refractivity contribution in [2.24, 2.45) is 0 Å². The number of carbonyl (C=O) groups is 3. The predicted molar refractivity (Wildman–Crippen MR) is 160 cm³/mol. The van der Waals surface area contributed by atoms with Gasteiger partial charge in [0.15, 0.2) is 11.5 Å². The van der Waals surface area contributed by atoms with Crippen LogP contribution in [0.1, 0.15) is 18.1 Å². The van der Waals surface area contributed by atoms with E-state index in [1.54, 1.807) is 67.8 Å². The molecule has 0 spiro atoms. The van der Waals surface area contributed by atoms with Crippen molar-refractivity contribution in [3.8, 4) is 17.2 Å². The molecule has 0 atom stereocenters. The number of rotatable bonds is 10. The molecule has 8 nitrogen and oxygen atoms in total. The molecule has 208 valence electrons. The van der Waals surface area contributed by atoms with E-state index < -0.39 is 23.6 Å². The average Bonchev–Trinajstić information content (AvgIpc) is 3.18. The third-order valence-corrected chi connectivity index (χ3v) is 7.78. The summed E-state index contributed by atoms with van der Waals surface area (Å²) >= 11 is 16.5. The topological polar surface area (TPSA) is 94.2 Å². The van der Waals surface area contributed by atoms with Crippen molar-refractivity contribution < 1.29 is 28.6 Å². The Morgan fingerprint density at radius 2 is 1.77 bits per heavy atom. The molecule has 1 fully saturated rings. The van der Waals surface area contributed by atoms with Crippen LogP contribution in [-0.4, -0.2) is 42.2 Å². The second-order valence-electron chi connectivity index (χ2n) is 8.32. The van der Waals surface area contributed by atoms with Crippen LogP contribution in [0.4, 0.5) is 10.5 Å². The van der Waals surface area contributed by atoms with Crippen molar-refractivity contribution in [3.63, 3.8) is 0 Å². The van der Waals surface area contributed by atoms with Crippen molar-refractivity contribution in [1.29, 1.82) is 0 Å². The first kappa shape index (κ1) is 29.8. The van der Waals surface area contributed by atoms with E-state index in [9.17, 15) is 14.4 Å². The molecule has 1 N–H and O–H groups in total. The van der Waals surface area contributed by atoms with E-state index in [0.717, 1.165) is 22.2 Å². The fourth-order valence-corrected chi connectivity index (χ4v) is 5.36. The van der Waals surface area contributed by atoms with Crippen molar-refractivity contribution in [2.75, 3.05) is 25.6 Å². The van der Waals surface area contributed by atoms with Gasteiger partial charge in [-0.25, -0.2) is 0 Å². The van der Waals surface area contributed by atoms with Crippen molar-refractivity contribution in [1.82, 2.24) is 4.90 Å². The Labute approximate surface area is 253 Å². The van der Waals surface area contributed by atoms with Gasteiger partial charge in [-0.3, -0.25) is 19.3 Å². The molecule has 1 saturated heterocycles. The number of ether oxygens (including phenoxy) is 3. The summed E-state index contributed by atoms with van der Waals surface area (Å²) in [7, 11) is 1.54. The Hall–Kier alpha value is -3.18. The Bertz CT molecular complexity index is 1480. The van der Waals surface area contributed by atoms with Crippen LogP contribution in [0.3, 0.4) is 0 Å². The van der Waals surface area contributed by atoms with Crippen LogP contribution < -0.4 is 19.5 Å². The fraction of sp³-hybridized carbons (Fsp3) is 0.179. The molecule has 12 heteroatoms. The molecule has 3 aromatic carbocycles.